The van der Waals surface area contributed by atoms with E-state index in [1.165, 1.54) is 6.42 Å². The van der Waals surface area contributed by atoms with Crippen LogP contribution in [0.25, 0.3) is 0 Å². The fraction of sp³-hybridized carbons (Fsp3) is 0.625. The van der Waals surface area contributed by atoms with Gasteiger partial charge in [0.15, 0.2) is 0 Å². The van der Waals surface area contributed by atoms with Gasteiger partial charge in [0.2, 0.25) is 0 Å². The van der Waals surface area contributed by atoms with Crippen LogP contribution in [0.15, 0.2) is 24.3 Å². The highest BCUT2D eigenvalue weighted by molar-refractivity contribution is 6.32. The summed E-state index contributed by atoms with van der Waals surface area (Å²) in [6.07, 6.45) is 2.89. The molecule has 0 saturated heterocycles. The molecule has 1 saturated carbocycles. The number of aliphatic hydroxyl groups is 2. The predicted octanol–water partition coefficient (Wildman–Crippen LogP) is 2.08. The number of hydrogen-bond acceptors (Lipinski definition) is 4. The van der Waals surface area contributed by atoms with Crippen LogP contribution in [0, 0.1) is 11.8 Å². The minimum Gasteiger partial charge on any atom is -0.489 e. The van der Waals surface area contributed by atoms with Crippen molar-refractivity contribution in [2.45, 2.75) is 25.4 Å². The molecule has 1 aliphatic rings. The van der Waals surface area contributed by atoms with Gasteiger partial charge in [-0.2, -0.15) is 0 Å². The number of nitrogens with one attached hydrogen (secondary N) is 1. The lowest BCUT2D eigenvalue weighted by Gasteiger charge is -2.19. The molecule has 1 fully saturated rings. The Morgan fingerprint density at radius 1 is 1.29 bits per heavy atom. The summed E-state index contributed by atoms with van der Waals surface area (Å²) in [6, 6.07) is 7.23. The van der Waals surface area contributed by atoms with Crippen LogP contribution in [-0.2, 0) is 0 Å². The fourth-order valence-corrected chi connectivity index (χ4v) is 3.06. The largest absolute Gasteiger partial charge is 0.489 e. The van der Waals surface area contributed by atoms with Gasteiger partial charge in [0, 0.05) is 13.2 Å². The summed E-state index contributed by atoms with van der Waals surface area (Å²) < 4.78 is 5.50. The summed E-state index contributed by atoms with van der Waals surface area (Å²) in [5.74, 6) is 1.52. The SMILES string of the molecule is OCC1CCCC1CNCC(O)COc1ccccc1Cl. The Kier molecular flexibility index (Phi) is 6.77. The molecular formula is C16H24ClNO3. The van der Waals surface area contributed by atoms with Gasteiger partial charge in [-0.05, 0) is 43.4 Å². The Bertz CT molecular complexity index is 430. The van der Waals surface area contributed by atoms with Gasteiger partial charge in [-0.15, -0.1) is 0 Å². The van der Waals surface area contributed by atoms with Crippen molar-refractivity contribution in [1.29, 1.82) is 0 Å². The van der Waals surface area contributed by atoms with Crippen LogP contribution < -0.4 is 10.1 Å². The molecule has 3 N–H and O–H groups in total. The first-order valence-corrected chi connectivity index (χ1v) is 7.95. The Hall–Kier alpha value is -0.810. The highest BCUT2D eigenvalue weighted by atomic mass is 35.5. The van der Waals surface area contributed by atoms with Crippen LogP contribution >= 0.6 is 11.6 Å². The highest BCUT2D eigenvalue weighted by Gasteiger charge is 2.26. The second kappa shape index (κ2) is 8.59. The lowest BCUT2D eigenvalue weighted by Crippen LogP contribution is -2.35. The number of aliphatic hydroxyl groups excluding tert-OH is 2. The van der Waals surface area contributed by atoms with Crippen LogP contribution in [0.3, 0.4) is 0 Å². The minimum atomic E-state index is -0.574. The Morgan fingerprint density at radius 3 is 2.81 bits per heavy atom. The van der Waals surface area contributed by atoms with Crippen molar-refractivity contribution >= 4 is 11.6 Å². The average molecular weight is 314 g/mol. The zero-order valence-corrected chi connectivity index (χ0v) is 12.9. The van der Waals surface area contributed by atoms with E-state index in [9.17, 15) is 10.2 Å². The number of ether oxygens (including phenoxy) is 1. The molecule has 0 heterocycles. The van der Waals surface area contributed by atoms with Gasteiger partial charge in [0.1, 0.15) is 18.5 Å². The third kappa shape index (κ3) is 5.15. The Morgan fingerprint density at radius 2 is 2.05 bits per heavy atom. The van der Waals surface area contributed by atoms with E-state index in [1.807, 2.05) is 12.1 Å². The number of para-hydroxylation sites is 1. The maximum atomic E-state index is 9.92. The van der Waals surface area contributed by atoms with E-state index < -0.39 is 6.10 Å². The molecule has 21 heavy (non-hydrogen) atoms. The van der Waals surface area contributed by atoms with Crippen molar-refractivity contribution in [2.75, 3.05) is 26.3 Å². The maximum absolute atomic E-state index is 9.92. The van der Waals surface area contributed by atoms with Gasteiger partial charge in [-0.25, -0.2) is 0 Å². The second-order valence-corrected chi connectivity index (χ2v) is 6.09. The highest BCUT2D eigenvalue weighted by Crippen LogP contribution is 2.30. The summed E-state index contributed by atoms with van der Waals surface area (Å²) in [6.45, 7) is 1.81. The third-order valence-electron chi connectivity index (χ3n) is 4.11. The molecule has 0 bridgehead atoms. The number of hydrogen-bond donors (Lipinski definition) is 3. The lowest BCUT2D eigenvalue weighted by molar-refractivity contribution is 0.104. The first-order chi connectivity index (χ1) is 10.2. The molecule has 1 aromatic rings. The summed E-state index contributed by atoms with van der Waals surface area (Å²) in [5, 5.41) is 23.0. The topological polar surface area (TPSA) is 61.7 Å². The number of halogens is 1. The molecule has 0 radical (unpaired) electrons. The van der Waals surface area contributed by atoms with Gasteiger partial charge in [0.05, 0.1) is 5.02 Å². The Labute approximate surface area is 131 Å². The van der Waals surface area contributed by atoms with E-state index in [0.717, 1.165) is 19.4 Å². The molecule has 1 aromatic carbocycles. The predicted molar refractivity (Wildman–Crippen MR) is 83.7 cm³/mol. The Balaban J connectivity index is 1.64. The van der Waals surface area contributed by atoms with Gasteiger partial charge >= 0.3 is 0 Å². The fourth-order valence-electron chi connectivity index (χ4n) is 2.86. The molecule has 118 valence electrons. The molecule has 0 spiro atoms. The smallest absolute Gasteiger partial charge is 0.138 e. The molecule has 3 unspecified atom stereocenters. The molecule has 4 nitrogen and oxygen atoms in total. The zero-order chi connectivity index (χ0) is 15.1. The lowest BCUT2D eigenvalue weighted by atomic mass is 9.97. The number of benzene rings is 1. The first kappa shape index (κ1) is 16.6. The minimum absolute atomic E-state index is 0.213. The van der Waals surface area contributed by atoms with E-state index in [-0.39, 0.29) is 13.2 Å². The number of rotatable bonds is 8. The summed E-state index contributed by atoms with van der Waals surface area (Å²) in [5.41, 5.74) is 0. The molecule has 0 amide bonds. The van der Waals surface area contributed by atoms with Gasteiger partial charge in [-0.3, -0.25) is 0 Å². The van der Waals surface area contributed by atoms with Crippen LogP contribution in [0.5, 0.6) is 5.75 Å². The van der Waals surface area contributed by atoms with E-state index in [2.05, 4.69) is 5.32 Å². The van der Waals surface area contributed by atoms with Crippen LogP contribution in [0.2, 0.25) is 5.02 Å². The van der Waals surface area contributed by atoms with Crippen molar-refractivity contribution in [3.05, 3.63) is 29.3 Å². The van der Waals surface area contributed by atoms with Gasteiger partial charge in [0.25, 0.3) is 0 Å². The van der Waals surface area contributed by atoms with Crippen molar-refractivity contribution in [3.8, 4) is 5.75 Å². The summed E-state index contributed by atoms with van der Waals surface area (Å²) >= 11 is 5.98. The molecular weight excluding hydrogens is 290 g/mol. The van der Waals surface area contributed by atoms with Crippen molar-refractivity contribution in [2.24, 2.45) is 11.8 Å². The van der Waals surface area contributed by atoms with Crippen molar-refractivity contribution < 1.29 is 14.9 Å². The zero-order valence-electron chi connectivity index (χ0n) is 12.2. The van der Waals surface area contributed by atoms with E-state index >= 15 is 0 Å². The van der Waals surface area contributed by atoms with Crippen LogP contribution in [-0.4, -0.2) is 42.6 Å². The standard InChI is InChI=1S/C16H24ClNO3/c17-15-6-1-2-7-16(15)21-11-14(20)9-18-8-12-4-3-5-13(12)10-19/h1-2,6-7,12-14,18-20H,3-5,8-11H2. The van der Waals surface area contributed by atoms with Crippen molar-refractivity contribution in [3.63, 3.8) is 0 Å². The molecule has 0 aliphatic heterocycles. The first-order valence-electron chi connectivity index (χ1n) is 7.57. The van der Waals surface area contributed by atoms with E-state index in [4.69, 9.17) is 16.3 Å². The maximum Gasteiger partial charge on any atom is 0.138 e. The molecule has 1 aliphatic carbocycles. The summed E-state index contributed by atoms with van der Waals surface area (Å²) in [4.78, 5) is 0. The van der Waals surface area contributed by atoms with Gasteiger partial charge < -0.3 is 20.3 Å². The molecule has 5 heteroatoms. The van der Waals surface area contributed by atoms with Crippen LogP contribution in [0.4, 0.5) is 0 Å². The summed E-state index contributed by atoms with van der Waals surface area (Å²) in [7, 11) is 0. The van der Waals surface area contributed by atoms with Crippen LogP contribution in [0.1, 0.15) is 19.3 Å². The second-order valence-electron chi connectivity index (χ2n) is 5.69. The monoisotopic (exact) mass is 313 g/mol. The van der Waals surface area contributed by atoms with E-state index in [1.54, 1.807) is 12.1 Å². The normalized spacial score (nSPS) is 23.2. The van der Waals surface area contributed by atoms with E-state index in [0.29, 0.717) is 29.2 Å². The van der Waals surface area contributed by atoms with Gasteiger partial charge in [-0.1, -0.05) is 30.2 Å². The molecule has 2 rings (SSSR count). The van der Waals surface area contributed by atoms with Crippen molar-refractivity contribution in [1.82, 2.24) is 5.32 Å². The average Bonchev–Trinajstić information content (AvgIpc) is 2.94. The quantitative estimate of drug-likeness (QED) is 0.687. The molecule has 0 aromatic heterocycles. The third-order valence-corrected chi connectivity index (χ3v) is 4.42. The molecule has 3 atom stereocenters.